The molecular formula is C19H27N3O4. The van der Waals surface area contributed by atoms with E-state index in [1.165, 1.54) is 0 Å². The maximum Gasteiger partial charge on any atom is 0.254 e. The molecule has 0 bridgehead atoms. The summed E-state index contributed by atoms with van der Waals surface area (Å²) in [7, 11) is 3.23. The van der Waals surface area contributed by atoms with Gasteiger partial charge in [-0.15, -0.1) is 0 Å². The molecule has 1 unspecified atom stereocenters. The van der Waals surface area contributed by atoms with E-state index in [1.54, 1.807) is 31.3 Å². The third-order valence-corrected chi connectivity index (χ3v) is 5.13. The molecule has 26 heavy (non-hydrogen) atoms. The lowest BCUT2D eigenvalue weighted by Gasteiger charge is -2.40. The molecule has 7 heteroatoms. The van der Waals surface area contributed by atoms with E-state index in [4.69, 9.17) is 9.47 Å². The minimum absolute atomic E-state index is 0.0486. The first-order valence-corrected chi connectivity index (χ1v) is 9.09. The highest BCUT2D eigenvalue weighted by molar-refractivity contribution is 5.95. The Labute approximate surface area is 154 Å². The lowest BCUT2D eigenvalue weighted by Crippen LogP contribution is -2.60. The molecule has 1 aromatic carbocycles. The van der Waals surface area contributed by atoms with Crippen LogP contribution in [0.5, 0.6) is 5.75 Å². The van der Waals surface area contributed by atoms with Crippen LogP contribution < -0.4 is 4.74 Å². The summed E-state index contributed by atoms with van der Waals surface area (Å²) in [5.41, 5.74) is 0.595. The lowest BCUT2D eigenvalue weighted by atomic mass is 10.1. The van der Waals surface area contributed by atoms with Gasteiger partial charge < -0.3 is 19.3 Å². The SMILES string of the molecule is COCCN1CCN2CCCN(C(=O)c3cccc(OC)c3)CC2C1=O. The fourth-order valence-corrected chi connectivity index (χ4v) is 3.65. The van der Waals surface area contributed by atoms with Gasteiger partial charge in [-0.3, -0.25) is 14.5 Å². The molecule has 2 heterocycles. The van der Waals surface area contributed by atoms with Gasteiger partial charge in [0.1, 0.15) is 11.8 Å². The number of ether oxygens (including phenoxy) is 2. The molecule has 2 fully saturated rings. The first kappa shape index (κ1) is 18.7. The Kier molecular flexibility index (Phi) is 6.11. The maximum absolute atomic E-state index is 13.0. The Morgan fingerprint density at radius 3 is 2.81 bits per heavy atom. The molecule has 0 radical (unpaired) electrons. The van der Waals surface area contributed by atoms with Crippen molar-refractivity contribution in [1.82, 2.24) is 14.7 Å². The standard InChI is InChI=1S/C19H27N3O4/c1-25-12-11-21-10-9-20-7-4-8-22(14-17(20)19(21)24)18(23)15-5-3-6-16(13-15)26-2/h3,5-6,13,17H,4,7-12,14H2,1-2H3. The molecule has 0 spiro atoms. The van der Waals surface area contributed by atoms with Crippen molar-refractivity contribution in [2.24, 2.45) is 0 Å². The number of carbonyl (C=O) groups excluding carboxylic acids is 2. The molecule has 2 aliphatic rings. The first-order chi connectivity index (χ1) is 12.6. The zero-order valence-corrected chi connectivity index (χ0v) is 15.5. The van der Waals surface area contributed by atoms with Crippen molar-refractivity contribution in [2.45, 2.75) is 12.5 Å². The number of methoxy groups -OCH3 is 2. The third kappa shape index (κ3) is 3.99. The molecule has 1 aromatic rings. The van der Waals surface area contributed by atoms with Gasteiger partial charge in [-0.2, -0.15) is 0 Å². The molecule has 0 aliphatic carbocycles. The summed E-state index contributed by atoms with van der Waals surface area (Å²) >= 11 is 0. The second-order valence-electron chi connectivity index (χ2n) is 6.71. The summed E-state index contributed by atoms with van der Waals surface area (Å²) < 4.78 is 10.3. The van der Waals surface area contributed by atoms with Crippen LogP contribution in [0.1, 0.15) is 16.8 Å². The second kappa shape index (κ2) is 8.51. The molecule has 0 aromatic heterocycles. The molecular weight excluding hydrogens is 334 g/mol. The van der Waals surface area contributed by atoms with E-state index in [0.717, 1.165) is 26.1 Å². The molecule has 0 saturated carbocycles. The van der Waals surface area contributed by atoms with E-state index in [0.29, 0.717) is 37.6 Å². The number of nitrogens with zero attached hydrogens (tertiary/aromatic N) is 3. The van der Waals surface area contributed by atoms with Crippen LogP contribution in [0.3, 0.4) is 0 Å². The predicted octanol–water partition coefficient (Wildman–Crippen LogP) is 0.700. The number of amides is 2. The number of rotatable bonds is 5. The Bertz CT molecular complexity index is 651. The zero-order chi connectivity index (χ0) is 18.5. The molecule has 3 rings (SSSR count). The van der Waals surface area contributed by atoms with E-state index in [9.17, 15) is 9.59 Å². The van der Waals surface area contributed by atoms with Gasteiger partial charge in [-0.05, 0) is 24.6 Å². The van der Waals surface area contributed by atoms with Crippen LogP contribution in [0.15, 0.2) is 24.3 Å². The normalized spacial score (nSPS) is 21.3. The largest absolute Gasteiger partial charge is 0.497 e. The van der Waals surface area contributed by atoms with Gasteiger partial charge in [0.15, 0.2) is 0 Å². The summed E-state index contributed by atoms with van der Waals surface area (Å²) in [6, 6.07) is 6.91. The topological polar surface area (TPSA) is 62.3 Å². The van der Waals surface area contributed by atoms with E-state index < -0.39 is 0 Å². The number of hydrogen-bond acceptors (Lipinski definition) is 5. The number of benzene rings is 1. The van der Waals surface area contributed by atoms with E-state index in [1.807, 2.05) is 17.0 Å². The average molecular weight is 361 g/mol. The monoisotopic (exact) mass is 361 g/mol. The highest BCUT2D eigenvalue weighted by Crippen LogP contribution is 2.20. The molecule has 2 aliphatic heterocycles. The van der Waals surface area contributed by atoms with Gasteiger partial charge in [0.2, 0.25) is 5.91 Å². The van der Waals surface area contributed by atoms with Gasteiger partial charge in [-0.25, -0.2) is 0 Å². The van der Waals surface area contributed by atoms with Gasteiger partial charge in [0.05, 0.1) is 13.7 Å². The minimum Gasteiger partial charge on any atom is -0.497 e. The molecule has 7 nitrogen and oxygen atoms in total. The van der Waals surface area contributed by atoms with Crippen LogP contribution in [0.25, 0.3) is 0 Å². The predicted molar refractivity (Wildman–Crippen MR) is 97.3 cm³/mol. The molecule has 1 atom stereocenters. The highest BCUT2D eigenvalue weighted by Gasteiger charge is 2.38. The van der Waals surface area contributed by atoms with E-state index in [-0.39, 0.29) is 17.9 Å². The van der Waals surface area contributed by atoms with Crippen molar-refractivity contribution in [3.63, 3.8) is 0 Å². The first-order valence-electron chi connectivity index (χ1n) is 9.09. The third-order valence-electron chi connectivity index (χ3n) is 5.13. The number of fused-ring (bicyclic) bond motifs is 1. The maximum atomic E-state index is 13.0. The Hall–Kier alpha value is -2.12. The summed E-state index contributed by atoms with van der Waals surface area (Å²) in [4.78, 5) is 31.7. The summed E-state index contributed by atoms with van der Waals surface area (Å²) in [5, 5.41) is 0. The smallest absolute Gasteiger partial charge is 0.254 e. The van der Waals surface area contributed by atoms with Crippen LogP contribution in [-0.4, -0.2) is 92.7 Å². The summed E-state index contributed by atoms with van der Waals surface area (Å²) in [6.45, 7) is 4.64. The van der Waals surface area contributed by atoms with Crippen molar-refractivity contribution < 1.29 is 19.1 Å². The number of carbonyl (C=O) groups is 2. The second-order valence-corrected chi connectivity index (χ2v) is 6.71. The Balaban J connectivity index is 1.73. The Morgan fingerprint density at radius 1 is 1.19 bits per heavy atom. The molecule has 2 saturated heterocycles. The fourth-order valence-electron chi connectivity index (χ4n) is 3.65. The van der Waals surface area contributed by atoms with Crippen LogP contribution in [-0.2, 0) is 9.53 Å². The minimum atomic E-state index is -0.266. The highest BCUT2D eigenvalue weighted by atomic mass is 16.5. The summed E-state index contributed by atoms with van der Waals surface area (Å²) in [5.74, 6) is 0.706. The van der Waals surface area contributed by atoms with Crippen molar-refractivity contribution in [1.29, 1.82) is 0 Å². The summed E-state index contributed by atoms with van der Waals surface area (Å²) in [6.07, 6.45) is 0.873. The van der Waals surface area contributed by atoms with E-state index in [2.05, 4.69) is 4.90 Å². The van der Waals surface area contributed by atoms with Crippen molar-refractivity contribution in [2.75, 3.05) is 60.1 Å². The van der Waals surface area contributed by atoms with Crippen molar-refractivity contribution >= 4 is 11.8 Å². The van der Waals surface area contributed by atoms with Crippen molar-refractivity contribution in [3.05, 3.63) is 29.8 Å². The number of piperazine rings is 1. The quantitative estimate of drug-likeness (QED) is 0.773. The molecule has 142 valence electrons. The van der Waals surface area contributed by atoms with Crippen LogP contribution in [0.2, 0.25) is 0 Å². The van der Waals surface area contributed by atoms with E-state index >= 15 is 0 Å². The molecule has 2 amide bonds. The lowest BCUT2D eigenvalue weighted by molar-refractivity contribution is -0.142. The van der Waals surface area contributed by atoms with Crippen LogP contribution in [0, 0.1) is 0 Å². The van der Waals surface area contributed by atoms with Gasteiger partial charge in [-0.1, -0.05) is 6.07 Å². The van der Waals surface area contributed by atoms with Gasteiger partial charge in [0.25, 0.3) is 5.91 Å². The number of hydrogen-bond donors (Lipinski definition) is 0. The fraction of sp³-hybridized carbons (Fsp3) is 0.579. The Morgan fingerprint density at radius 2 is 2.04 bits per heavy atom. The van der Waals surface area contributed by atoms with Crippen LogP contribution in [0.4, 0.5) is 0 Å². The van der Waals surface area contributed by atoms with Crippen molar-refractivity contribution in [3.8, 4) is 5.75 Å². The average Bonchev–Trinajstić information content (AvgIpc) is 2.90. The van der Waals surface area contributed by atoms with Crippen LogP contribution >= 0.6 is 0 Å². The molecule has 0 N–H and O–H groups in total. The van der Waals surface area contributed by atoms with Gasteiger partial charge >= 0.3 is 0 Å². The zero-order valence-electron chi connectivity index (χ0n) is 15.5. The van der Waals surface area contributed by atoms with Gasteiger partial charge in [0, 0.05) is 51.9 Å².